The fraction of sp³-hybridized carbons (Fsp3) is 0.294. The Morgan fingerprint density at radius 1 is 1.28 bits per heavy atom. The van der Waals surface area contributed by atoms with Crippen molar-refractivity contribution in [3.63, 3.8) is 0 Å². The van der Waals surface area contributed by atoms with Gasteiger partial charge in [0.05, 0.1) is 17.1 Å². The summed E-state index contributed by atoms with van der Waals surface area (Å²) in [6, 6.07) is 5.08. The lowest BCUT2D eigenvalue weighted by Gasteiger charge is -2.14. The molecule has 2 N–H and O–H groups in total. The van der Waals surface area contributed by atoms with Crippen molar-refractivity contribution in [2.45, 2.75) is 25.7 Å². The van der Waals surface area contributed by atoms with Crippen molar-refractivity contribution in [2.24, 2.45) is 0 Å². The van der Waals surface area contributed by atoms with Crippen molar-refractivity contribution in [1.82, 2.24) is 15.3 Å². The molecule has 1 amide bonds. The lowest BCUT2D eigenvalue weighted by atomic mass is 9.99. The Balaban J connectivity index is 2.15. The number of nitrogens with one attached hydrogen (secondary N) is 1. The molecule has 1 aromatic carbocycles. The van der Waals surface area contributed by atoms with Crippen LogP contribution in [0.2, 0.25) is 5.02 Å². The van der Waals surface area contributed by atoms with Gasteiger partial charge in [0.15, 0.2) is 0 Å². The maximum Gasteiger partial charge on any atom is 0.312 e. The second-order valence-electron chi connectivity index (χ2n) is 5.73. The number of rotatable bonds is 6. The monoisotopic (exact) mass is 365 g/mol. The minimum Gasteiger partial charge on any atom is -0.481 e. The summed E-state index contributed by atoms with van der Waals surface area (Å²) in [7, 11) is 0. The highest BCUT2D eigenvalue weighted by Gasteiger charge is 2.22. The molecule has 0 bridgehead atoms. The molecule has 132 valence electrons. The average molecular weight is 366 g/mol. The first-order valence-corrected chi connectivity index (χ1v) is 7.96. The first kappa shape index (κ1) is 18.8. The summed E-state index contributed by atoms with van der Waals surface area (Å²) in [6.45, 7) is 3.57. The zero-order valence-electron chi connectivity index (χ0n) is 13.7. The van der Waals surface area contributed by atoms with E-state index < -0.39 is 23.6 Å². The summed E-state index contributed by atoms with van der Waals surface area (Å²) in [6.07, 6.45) is 1.34. The van der Waals surface area contributed by atoms with Crippen LogP contribution in [0.3, 0.4) is 0 Å². The van der Waals surface area contributed by atoms with Gasteiger partial charge < -0.3 is 10.4 Å². The molecule has 2 aromatic rings. The summed E-state index contributed by atoms with van der Waals surface area (Å²) in [5, 5.41) is 11.9. The minimum absolute atomic E-state index is 0.00907. The largest absolute Gasteiger partial charge is 0.481 e. The SMILES string of the molecule is CC(C)c1ncc(Cl)c(C(=O)NCC(C(=O)O)c2ccc(F)cc2)n1. The van der Waals surface area contributed by atoms with Gasteiger partial charge in [-0.1, -0.05) is 37.6 Å². The van der Waals surface area contributed by atoms with Gasteiger partial charge in [0, 0.05) is 12.5 Å². The van der Waals surface area contributed by atoms with Crippen molar-refractivity contribution >= 4 is 23.5 Å². The van der Waals surface area contributed by atoms with Crippen molar-refractivity contribution in [1.29, 1.82) is 0 Å². The number of halogens is 2. The molecule has 1 heterocycles. The topological polar surface area (TPSA) is 92.2 Å². The molecular weight excluding hydrogens is 349 g/mol. The van der Waals surface area contributed by atoms with Crippen LogP contribution in [0.25, 0.3) is 0 Å². The standard InChI is InChI=1S/C17H17ClFN3O3/c1-9(2)15-20-8-13(18)14(22-15)16(23)21-7-12(17(24)25)10-3-5-11(19)6-4-10/h3-6,8-9,12H,7H2,1-2H3,(H,21,23)(H,24,25). The number of carbonyl (C=O) groups excluding carboxylic acids is 1. The number of carboxylic acids is 1. The third-order valence-corrected chi connectivity index (χ3v) is 3.81. The Morgan fingerprint density at radius 2 is 1.92 bits per heavy atom. The Kier molecular flexibility index (Phi) is 6.03. The highest BCUT2D eigenvalue weighted by atomic mass is 35.5. The van der Waals surface area contributed by atoms with Crippen LogP contribution in [-0.2, 0) is 4.79 Å². The van der Waals surface area contributed by atoms with Crippen LogP contribution in [0.4, 0.5) is 4.39 Å². The molecule has 0 fully saturated rings. The van der Waals surface area contributed by atoms with Gasteiger partial charge in [-0.15, -0.1) is 0 Å². The van der Waals surface area contributed by atoms with E-state index in [9.17, 15) is 19.1 Å². The summed E-state index contributed by atoms with van der Waals surface area (Å²) in [4.78, 5) is 31.9. The van der Waals surface area contributed by atoms with Gasteiger partial charge in [-0.25, -0.2) is 14.4 Å². The van der Waals surface area contributed by atoms with E-state index in [0.717, 1.165) is 0 Å². The Labute approximate surface area is 149 Å². The summed E-state index contributed by atoms with van der Waals surface area (Å²) >= 11 is 5.96. The van der Waals surface area contributed by atoms with Crippen molar-refractivity contribution < 1.29 is 19.1 Å². The summed E-state index contributed by atoms with van der Waals surface area (Å²) in [5.41, 5.74) is 0.370. The molecule has 1 unspecified atom stereocenters. The molecule has 0 aliphatic carbocycles. The number of aliphatic carboxylic acids is 1. The molecule has 1 aromatic heterocycles. The van der Waals surface area contributed by atoms with E-state index >= 15 is 0 Å². The average Bonchev–Trinajstić information content (AvgIpc) is 2.56. The second kappa shape index (κ2) is 8.02. The van der Waals surface area contributed by atoms with Crippen LogP contribution in [0, 0.1) is 5.82 Å². The van der Waals surface area contributed by atoms with Crippen molar-refractivity contribution in [2.75, 3.05) is 6.54 Å². The minimum atomic E-state index is -1.14. The Bertz CT molecular complexity index is 781. The van der Waals surface area contributed by atoms with E-state index in [1.807, 2.05) is 13.8 Å². The van der Waals surface area contributed by atoms with E-state index in [0.29, 0.717) is 11.4 Å². The Morgan fingerprint density at radius 3 is 2.48 bits per heavy atom. The van der Waals surface area contributed by atoms with E-state index in [4.69, 9.17) is 11.6 Å². The van der Waals surface area contributed by atoms with Gasteiger partial charge in [-0.05, 0) is 17.7 Å². The van der Waals surface area contributed by atoms with E-state index in [1.165, 1.54) is 30.5 Å². The molecular formula is C17H17ClFN3O3. The van der Waals surface area contributed by atoms with Crippen LogP contribution in [0.1, 0.15) is 47.6 Å². The normalized spacial score (nSPS) is 12.0. The van der Waals surface area contributed by atoms with Crippen molar-refractivity contribution in [3.8, 4) is 0 Å². The zero-order chi connectivity index (χ0) is 18.6. The first-order chi connectivity index (χ1) is 11.8. The fourth-order valence-corrected chi connectivity index (χ4v) is 2.32. The molecule has 0 aliphatic heterocycles. The maximum absolute atomic E-state index is 13.0. The number of aromatic nitrogens is 2. The van der Waals surface area contributed by atoms with Crippen LogP contribution >= 0.6 is 11.6 Å². The fourth-order valence-electron chi connectivity index (χ4n) is 2.14. The number of benzene rings is 1. The van der Waals surface area contributed by atoms with Crippen LogP contribution in [0.5, 0.6) is 0 Å². The highest BCUT2D eigenvalue weighted by Crippen LogP contribution is 2.18. The molecule has 0 aliphatic rings. The highest BCUT2D eigenvalue weighted by molar-refractivity contribution is 6.33. The summed E-state index contributed by atoms with van der Waals surface area (Å²) in [5.74, 6) is -2.75. The van der Waals surface area contributed by atoms with Gasteiger partial charge in [0.2, 0.25) is 0 Å². The van der Waals surface area contributed by atoms with E-state index in [1.54, 1.807) is 0 Å². The number of amides is 1. The molecule has 2 rings (SSSR count). The number of hydrogen-bond acceptors (Lipinski definition) is 4. The number of carbonyl (C=O) groups is 2. The van der Waals surface area contributed by atoms with Gasteiger partial charge >= 0.3 is 5.97 Å². The third-order valence-electron chi connectivity index (χ3n) is 3.53. The molecule has 0 saturated carbocycles. The van der Waals surface area contributed by atoms with Gasteiger partial charge in [-0.2, -0.15) is 0 Å². The van der Waals surface area contributed by atoms with Gasteiger partial charge in [0.25, 0.3) is 5.91 Å². The molecule has 0 saturated heterocycles. The smallest absolute Gasteiger partial charge is 0.312 e. The maximum atomic E-state index is 13.0. The molecule has 0 radical (unpaired) electrons. The predicted molar refractivity (Wildman–Crippen MR) is 90.2 cm³/mol. The van der Waals surface area contributed by atoms with Crippen LogP contribution in [0.15, 0.2) is 30.5 Å². The number of hydrogen-bond donors (Lipinski definition) is 2. The zero-order valence-corrected chi connectivity index (χ0v) is 14.4. The Hall–Kier alpha value is -2.54. The number of carboxylic acid groups (broad SMARTS) is 1. The molecule has 1 atom stereocenters. The third kappa shape index (κ3) is 4.73. The summed E-state index contributed by atoms with van der Waals surface area (Å²) < 4.78 is 13.0. The van der Waals surface area contributed by atoms with Crippen LogP contribution < -0.4 is 5.32 Å². The van der Waals surface area contributed by atoms with E-state index in [-0.39, 0.29) is 23.2 Å². The quantitative estimate of drug-likeness (QED) is 0.821. The molecule has 6 nitrogen and oxygen atoms in total. The molecule has 25 heavy (non-hydrogen) atoms. The predicted octanol–water partition coefficient (Wildman–Crippen LogP) is 2.99. The second-order valence-corrected chi connectivity index (χ2v) is 6.14. The van der Waals surface area contributed by atoms with Crippen molar-refractivity contribution in [3.05, 3.63) is 58.4 Å². The molecule has 0 spiro atoms. The van der Waals surface area contributed by atoms with E-state index in [2.05, 4.69) is 15.3 Å². The van der Waals surface area contributed by atoms with Crippen LogP contribution in [-0.4, -0.2) is 33.5 Å². The van der Waals surface area contributed by atoms with Gasteiger partial charge in [0.1, 0.15) is 17.3 Å². The number of nitrogens with zero attached hydrogens (tertiary/aromatic N) is 2. The van der Waals surface area contributed by atoms with Gasteiger partial charge in [-0.3, -0.25) is 9.59 Å². The lowest BCUT2D eigenvalue weighted by molar-refractivity contribution is -0.138. The first-order valence-electron chi connectivity index (χ1n) is 7.58. The molecule has 8 heteroatoms. The lowest BCUT2D eigenvalue weighted by Crippen LogP contribution is -2.32.